The largest absolute Gasteiger partial charge is 1.00 e. The Kier molecular flexibility index (Phi) is 4.78. The Balaban J connectivity index is 0.00000128. The first-order valence-corrected chi connectivity index (χ1v) is 8.74. The van der Waals surface area contributed by atoms with Gasteiger partial charge < -0.3 is 0 Å². The molecule has 2 aromatic rings. The second kappa shape index (κ2) is 5.66. The van der Waals surface area contributed by atoms with Crippen molar-refractivity contribution < 1.29 is 23.0 Å². The molecule has 0 heterocycles. The maximum atomic E-state index is 12.6. The van der Waals surface area contributed by atoms with E-state index in [1.807, 2.05) is 60.7 Å². The standard InChI is InChI=1S/C13H12AsO.Li/c1-14(15,12-8-4-2-5-9-12)13-10-6-3-7-11-13;/h2-11H,1H2;/q-1;+1. The van der Waals surface area contributed by atoms with Crippen molar-refractivity contribution >= 4 is 27.5 Å². The van der Waals surface area contributed by atoms with Gasteiger partial charge in [0, 0.05) is 0 Å². The van der Waals surface area contributed by atoms with Crippen LogP contribution in [0.5, 0.6) is 0 Å². The molecule has 2 aromatic carbocycles. The Hall–Kier alpha value is -0.574. The maximum absolute atomic E-state index is 12.6. The van der Waals surface area contributed by atoms with Gasteiger partial charge in [-0.25, -0.2) is 0 Å². The Morgan fingerprint density at radius 1 is 0.750 bits per heavy atom. The average molecular weight is 266 g/mol. The van der Waals surface area contributed by atoms with Crippen LogP contribution in [0.1, 0.15) is 0 Å². The quantitative estimate of drug-likeness (QED) is 0.536. The first kappa shape index (κ1) is 13.5. The zero-order chi connectivity index (χ0) is 10.7. The Morgan fingerprint density at radius 2 is 1.06 bits per heavy atom. The summed E-state index contributed by atoms with van der Waals surface area (Å²) in [5.74, 6) is 0. The molecule has 16 heavy (non-hydrogen) atoms. The van der Waals surface area contributed by atoms with Crippen molar-refractivity contribution in [2.24, 2.45) is 0 Å². The molecule has 0 aliphatic heterocycles. The molecule has 0 saturated heterocycles. The number of rotatable bonds is 2. The van der Waals surface area contributed by atoms with Crippen LogP contribution >= 0.6 is 0 Å². The minimum atomic E-state index is -3.32. The van der Waals surface area contributed by atoms with Crippen LogP contribution in [-0.4, -0.2) is 18.8 Å². The molecule has 0 aliphatic carbocycles. The van der Waals surface area contributed by atoms with E-state index in [0.29, 0.717) is 0 Å². The van der Waals surface area contributed by atoms with Gasteiger partial charge in [0.25, 0.3) is 0 Å². The van der Waals surface area contributed by atoms with Crippen molar-refractivity contribution in [1.82, 2.24) is 0 Å². The zero-order valence-electron chi connectivity index (χ0n) is 9.34. The van der Waals surface area contributed by atoms with E-state index in [9.17, 15) is 4.10 Å². The van der Waals surface area contributed by atoms with Crippen molar-refractivity contribution in [2.45, 2.75) is 0 Å². The van der Waals surface area contributed by atoms with Crippen LogP contribution in [0.25, 0.3) is 0 Å². The van der Waals surface area contributed by atoms with E-state index in [4.69, 9.17) is 0 Å². The summed E-state index contributed by atoms with van der Waals surface area (Å²) in [6, 6.07) is 19.0. The summed E-state index contributed by atoms with van der Waals surface area (Å²) < 4.78 is 14.3. The molecule has 0 bridgehead atoms. The van der Waals surface area contributed by atoms with Crippen molar-refractivity contribution in [2.75, 3.05) is 0 Å². The topological polar surface area (TPSA) is 23.1 Å². The van der Waals surface area contributed by atoms with E-state index >= 15 is 0 Å². The summed E-state index contributed by atoms with van der Waals surface area (Å²) in [5.41, 5.74) is 0. The molecular formula is C13H12AsLiO. The molecule has 1 nitrogen and oxygen atoms in total. The average Bonchev–Trinajstić information content (AvgIpc) is 2.31. The van der Waals surface area contributed by atoms with Gasteiger partial charge in [0.05, 0.1) is 0 Å². The summed E-state index contributed by atoms with van der Waals surface area (Å²) in [7, 11) is 0. The second-order valence-electron chi connectivity index (χ2n) is 3.41. The molecule has 0 N–H and O–H groups in total. The van der Waals surface area contributed by atoms with Crippen molar-refractivity contribution in [1.29, 1.82) is 0 Å². The van der Waals surface area contributed by atoms with Gasteiger partial charge >= 0.3 is 111 Å². The molecule has 2 rings (SSSR count). The molecule has 0 spiro atoms. The number of hydrogen-bond acceptors (Lipinski definition) is 1. The Labute approximate surface area is 111 Å². The van der Waals surface area contributed by atoms with Crippen LogP contribution in [0.3, 0.4) is 0 Å². The Morgan fingerprint density at radius 3 is 1.38 bits per heavy atom. The van der Waals surface area contributed by atoms with Gasteiger partial charge in [-0.3, -0.25) is 0 Å². The van der Waals surface area contributed by atoms with Gasteiger partial charge in [0.1, 0.15) is 0 Å². The summed E-state index contributed by atoms with van der Waals surface area (Å²) >= 11 is -3.32. The van der Waals surface area contributed by atoms with E-state index in [1.165, 1.54) is 0 Å². The molecule has 3 heteroatoms. The van der Waals surface area contributed by atoms with Crippen LogP contribution in [0.4, 0.5) is 0 Å². The molecule has 0 aromatic heterocycles. The van der Waals surface area contributed by atoms with E-state index in [0.717, 1.165) is 8.70 Å². The van der Waals surface area contributed by atoms with E-state index in [1.54, 1.807) is 0 Å². The van der Waals surface area contributed by atoms with Crippen LogP contribution in [-0.2, 0) is 0 Å². The molecule has 0 radical (unpaired) electrons. The van der Waals surface area contributed by atoms with Crippen molar-refractivity contribution in [3.05, 3.63) is 60.7 Å². The summed E-state index contributed by atoms with van der Waals surface area (Å²) in [5, 5.41) is 3.93. The SMILES string of the molecule is C=[As]([O-])(c1ccccc1)c1ccccc1.[Li+]. The van der Waals surface area contributed by atoms with Gasteiger partial charge in [-0.2, -0.15) is 0 Å². The van der Waals surface area contributed by atoms with E-state index in [2.05, 4.69) is 5.31 Å². The van der Waals surface area contributed by atoms with E-state index in [-0.39, 0.29) is 18.9 Å². The van der Waals surface area contributed by atoms with Crippen LogP contribution in [0.2, 0.25) is 0 Å². The second-order valence-corrected chi connectivity index (χ2v) is 8.68. The zero-order valence-corrected chi connectivity index (χ0v) is 11.2. The van der Waals surface area contributed by atoms with Crippen LogP contribution < -0.4 is 31.7 Å². The fourth-order valence-corrected chi connectivity index (χ4v) is 4.86. The predicted molar refractivity (Wildman–Crippen MR) is 65.0 cm³/mol. The van der Waals surface area contributed by atoms with Gasteiger partial charge in [0.2, 0.25) is 0 Å². The normalized spacial score (nSPS) is 10.6. The first-order valence-electron chi connectivity index (χ1n) is 4.77. The van der Waals surface area contributed by atoms with Gasteiger partial charge in [-0.1, -0.05) is 0 Å². The number of hydrogen-bond donors (Lipinski definition) is 0. The van der Waals surface area contributed by atoms with Crippen LogP contribution in [0, 0.1) is 0 Å². The third-order valence-electron chi connectivity index (χ3n) is 2.35. The molecule has 0 atom stereocenters. The van der Waals surface area contributed by atoms with Gasteiger partial charge in [-0.05, 0) is 0 Å². The third kappa shape index (κ3) is 2.76. The first-order chi connectivity index (χ1) is 7.21. The molecule has 0 unspecified atom stereocenters. The van der Waals surface area contributed by atoms with Gasteiger partial charge in [-0.15, -0.1) is 0 Å². The Bertz CT molecular complexity index is 438. The summed E-state index contributed by atoms with van der Waals surface area (Å²) in [6.45, 7) is 0. The fraction of sp³-hybridized carbons (Fsp3) is 0. The van der Waals surface area contributed by atoms with Gasteiger partial charge in [0.15, 0.2) is 0 Å². The molecule has 0 fully saturated rings. The molecule has 0 aliphatic rings. The molecule has 0 saturated carbocycles. The smallest absolute Gasteiger partial charge is 1.00 e. The van der Waals surface area contributed by atoms with Crippen molar-refractivity contribution in [3.63, 3.8) is 0 Å². The monoisotopic (exact) mass is 266 g/mol. The minimum absolute atomic E-state index is 0. The number of benzene rings is 2. The third-order valence-corrected chi connectivity index (χ3v) is 7.10. The summed E-state index contributed by atoms with van der Waals surface area (Å²) in [6.07, 6.45) is 0. The van der Waals surface area contributed by atoms with E-state index < -0.39 is 13.4 Å². The minimum Gasteiger partial charge on any atom is 1.00 e. The van der Waals surface area contributed by atoms with Crippen molar-refractivity contribution in [3.8, 4) is 0 Å². The van der Waals surface area contributed by atoms with Crippen LogP contribution in [0.15, 0.2) is 60.7 Å². The maximum Gasteiger partial charge on any atom is 1.00 e. The molecule has 0 amide bonds. The molecule has 76 valence electrons. The fourth-order valence-electron chi connectivity index (χ4n) is 1.49. The predicted octanol–water partition coefficient (Wildman–Crippen LogP) is -2.88. The molecular weight excluding hydrogens is 254 g/mol. The summed E-state index contributed by atoms with van der Waals surface area (Å²) in [4.78, 5) is 0.